The molecule has 2 saturated heterocycles. The van der Waals surface area contributed by atoms with E-state index in [9.17, 15) is 13.6 Å². The normalized spacial score (nSPS) is 20.2. The van der Waals surface area contributed by atoms with Crippen molar-refractivity contribution in [2.75, 3.05) is 29.9 Å². The Kier molecular flexibility index (Phi) is 5.64. The Bertz CT molecular complexity index is 1140. The summed E-state index contributed by atoms with van der Waals surface area (Å²) in [5, 5.41) is 12.2. The molecule has 2 aliphatic rings. The average Bonchev–Trinajstić information content (AvgIpc) is 3.28. The summed E-state index contributed by atoms with van der Waals surface area (Å²) >= 11 is 1.24. The number of aliphatic hydroxyl groups is 1. The van der Waals surface area contributed by atoms with Gasteiger partial charge in [-0.15, -0.1) is 0 Å². The van der Waals surface area contributed by atoms with E-state index in [1.807, 2.05) is 9.80 Å². The lowest BCUT2D eigenvalue weighted by Gasteiger charge is -2.41. The Morgan fingerprint density at radius 3 is 2.72 bits per heavy atom. The molecule has 10 heteroatoms. The number of nitrogens with zero attached hydrogens (tertiary/aromatic N) is 4. The predicted molar refractivity (Wildman–Crippen MR) is 119 cm³/mol. The first kappa shape index (κ1) is 21.0. The number of halogens is 2. The zero-order valence-electron chi connectivity index (χ0n) is 17.3. The number of hydrogen-bond acceptors (Lipinski definition) is 6. The second-order valence-corrected chi connectivity index (χ2v) is 9.27. The standard InChI is InChI=1S/C22H23F2N5O2S/c23-14-3-6-18-19(9-14)32-21(26-18)27-22(31)29-15-4-5-16(29)12-28(11-15)20-17(24)8-13(10-25-20)2-1-7-30/h3,6,8-10,15-16,30H,1-2,4-5,7,11-12H2,(H,26,27,31). The monoisotopic (exact) mass is 459 g/mol. The highest BCUT2D eigenvalue weighted by atomic mass is 32.1. The van der Waals surface area contributed by atoms with Gasteiger partial charge in [0.15, 0.2) is 16.8 Å². The van der Waals surface area contributed by atoms with Crippen molar-refractivity contribution >= 4 is 38.5 Å². The lowest BCUT2D eigenvalue weighted by Crippen LogP contribution is -2.57. The summed E-state index contributed by atoms with van der Waals surface area (Å²) in [5.41, 5.74) is 1.40. The molecule has 0 aliphatic carbocycles. The number of fused-ring (bicyclic) bond motifs is 3. The molecule has 2 unspecified atom stereocenters. The summed E-state index contributed by atoms with van der Waals surface area (Å²) in [4.78, 5) is 25.5. The molecule has 168 valence electrons. The van der Waals surface area contributed by atoms with Gasteiger partial charge in [0.05, 0.1) is 22.3 Å². The maximum atomic E-state index is 14.7. The van der Waals surface area contributed by atoms with Gasteiger partial charge >= 0.3 is 6.03 Å². The first-order valence-electron chi connectivity index (χ1n) is 10.7. The van der Waals surface area contributed by atoms with Gasteiger partial charge in [0, 0.05) is 25.9 Å². The topological polar surface area (TPSA) is 81.6 Å². The van der Waals surface area contributed by atoms with Gasteiger partial charge in [0.1, 0.15) is 5.82 Å². The van der Waals surface area contributed by atoms with Gasteiger partial charge in [-0.1, -0.05) is 11.3 Å². The van der Waals surface area contributed by atoms with Crippen LogP contribution in [0.15, 0.2) is 30.5 Å². The van der Waals surface area contributed by atoms with Crippen LogP contribution in [0.2, 0.25) is 0 Å². The molecule has 0 spiro atoms. The summed E-state index contributed by atoms with van der Waals surface area (Å²) < 4.78 is 28.8. The molecule has 0 saturated carbocycles. The predicted octanol–water partition coefficient (Wildman–Crippen LogP) is 3.78. The molecule has 1 aromatic carbocycles. The zero-order chi connectivity index (χ0) is 22.2. The van der Waals surface area contributed by atoms with Crippen LogP contribution in [0.1, 0.15) is 24.8 Å². The maximum Gasteiger partial charge on any atom is 0.324 e. The van der Waals surface area contributed by atoms with Gasteiger partial charge < -0.3 is 14.9 Å². The van der Waals surface area contributed by atoms with E-state index in [0.717, 1.165) is 18.4 Å². The highest BCUT2D eigenvalue weighted by molar-refractivity contribution is 7.22. The molecule has 2 N–H and O–H groups in total. The van der Waals surface area contributed by atoms with Gasteiger partial charge in [-0.05, 0) is 55.5 Å². The van der Waals surface area contributed by atoms with E-state index >= 15 is 0 Å². The van der Waals surface area contributed by atoms with Crippen molar-refractivity contribution in [1.82, 2.24) is 14.9 Å². The van der Waals surface area contributed by atoms with Crippen LogP contribution in [-0.4, -0.2) is 57.8 Å². The molecule has 5 rings (SSSR count). The van der Waals surface area contributed by atoms with E-state index in [4.69, 9.17) is 5.11 Å². The average molecular weight is 460 g/mol. The molecule has 2 aliphatic heterocycles. The number of carbonyl (C=O) groups excluding carboxylic acids is 1. The number of nitrogens with one attached hydrogen (secondary N) is 1. The molecular formula is C22H23F2N5O2S. The number of rotatable bonds is 5. The number of piperazine rings is 1. The molecule has 2 fully saturated rings. The fourth-order valence-corrected chi connectivity index (χ4v) is 5.52. The third-order valence-corrected chi connectivity index (χ3v) is 7.02. The van der Waals surface area contributed by atoms with Gasteiger partial charge in [0.25, 0.3) is 0 Å². The molecule has 7 nitrogen and oxygen atoms in total. The minimum absolute atomic E-state index is 0.0455. The minimum atomic E-state index is -0.376. The molecule has 0 radical (unpaired) electrons. The molecule has 2 atom stereocenters. The Labute approximate surface area is 187 Å². The quantitative estimate of drug-likeness (QED) is 0.607. The first-order chi connectivity index (χ1) is 15.5. The van der Waals surface area contributed by atoms with Crippen LogP contribution >= 0.6 is 11.3 Å². The van der Waals surface area contributed by atoms with Crippen molar-refractivity contribution in [2.24, 2.45) is 0 Å². The molecule has 4 heterocycles. The van der Waals surface area contributed by atoms with Crippen molar-refractivity contribution < 1.29 is 18.7 Å². The summed E-state index contributed by atoms with van der Waals surface area (Å²) in [6.07, 6.45) is 4.50. The number of aromatic nitrogens is 2. The molecule has 3 aromatic rings. The highest BCUT2D eigenvalue weighted by Gasteiger charge is 2.43. The van der Waals surface area contributed by atoms with Crippen molar-refractivity contribution in [3.8, 4) is 0 Å². The largest absolute Gasteiger partial charge is 0.396 e. The Hall–Kier alpha value is -2.85. The summed E-state index contributed by atoms with van der Waals surface area (Å²) in [5.74, 6) is -0.405. The van der Waals surface area contributed by atoms with Crippen LogP contribution in [0.4, 0.5) is 24.5 Å². The molecule has 32 heavy (non-hydrogen) atoms. The van der Waals surface area contributed by atoms with Crippen LogP contribution < -0.4 is 10.2 Å². The van der Waals surface area contributed by atoms with Crippen LogP contribution in [0.5, 0.6) is 0 Å². The van der Waals surface area contributed by atoms with E-state index in [1.54, 1.807) is 12.3 Å². The van der Waals surface area contributed by atoms with E-state index < -0.39 is 0 Å². The number of thiazole rings is 1. The number of amides is 2. The maximum absolute atomic E-state index is 14.7. The third-order valence-electron chi connectivity index (χ3n) is 6.08. The third kappa shape index (κ3) is 4.00. The number of hydrogen-bond donors (Lipinski definition) is 2. The number of benzene rings is 1. The van der Waals surface area contributed by atoms with Crippen LogP contribution in [-0.2, 0) is 6.42 Å². The van der Waals surface area contributed by atoms with Crippen molar-refractivity contribution in [3.63, 3.8) is 0 Å². The van der Waals surface area contributed by atoms with Crippen molar-refractivity contribution in [1.29, 1.82) is 0 Å². The first-order valence-corrected chi connectivity index (χ1v) is 11.5. The molecule has 2 bridgehead atoms. The zero-order valence-corrected chi connectivity index (χ0v) is 18.1. The number of aliphatic hydroxyl groups excluding tert-OH is 1. The van der Waals surface area contributed by atoms with E-state index in [0.29, 0.717) is 47.1 Å². The van der Waals surface area contributed by atoms with Gasteiger partial charge in [-0.2, -0.15) is 0 Å². The summed E-state index contributed by atoms with van der Waals surface area (Å²) in [7, 11) is 0. The number of pyridine rings is 1. The molecule has 2 aromatic heterocycles. The van der Waals surface area contributed by atoms with Crippen molar-refractivity contribution in [2.45, 2.75) is 37.8 Å². The fourth-order valence-electron chi connectivity index (χ4n) is 4.64. The van der Waals surface area contributed by atoms with E-state index in [1.165, 1.54) is 29.5 Å². The second kappa shape index (κ2) is 8.59. The van der Waals surface area contributed by atoms with E-state index in [-0.39, 0.29) is 36.4 Å². The van der Waals surface area contributed by atoms with Gasteiger partial charge in [0.2, 0.25) is 0 Å². The summed E-state index contributed by atoms with van der Waals surface area (Å²) in [6, 6.07) is 5.50. The number of carbonyl (C=O) groups is 1. The SMILES string of the molecule is O=C(Nc1nc2ccc(F)cc2s1)N1C2CCC1CN(c1ncc(CCCO)cc1F)C2. The number of aryl methyl sites for hydroxylation is 1. The highest BCUT2D eigenvalue weighted by Crippen LogP contribution is 2.34. The minimum Gasteiger partial charge on any atom is -0.396 e. The van der Waals surface area contributed by atoms with Crippen molar-refractivity contribution in [3.05, 3.63) is 47.7 Å². The number of anilines is 2. The van der Waals surface area contributed by atoms with Crippen LogP contribution in [0.25, 0.3) is 10.2 Å². The Morgan fingerprint density at radius 2 is 2.00 bits per heavy atom. The number of urea groups is 1. The smallest absolute Gasteiger partial charge is 0.324 e. The Morgan fingerprint density at radius 1 is 1.22 bits per heavy atom. The molecular weight excluding hydrogens is 436 g/mol. The second-order valence-electron chi connectivity index (χ2n) is 8.23. The van der Waals surface area contributed by atoms with Gasteiger partial charge in [-0.3, -0.25) is 5.32 Å². The molecule has 2 amide bonds. The Balaban J connectivity index is 1.28. The lowest BCUT2D eigenvalue weighted by molar-refractivity contribution is 0.175. The van der Waals surface area contributed by atoms with Gasteiger partial charge in [-0.25, -0.2) is 23.5 Å². The van der Waals surface area contributed by atoms with Crippen LogP contribution in [0, 0.1) is 11.6 Å². The summed E-state index contributed by atoms with van der Waals surface area (Å²) in [6.45, 7) is 1.08. The fraction of sp³-hybridized carbons (Fsp3) is 0.409. The van der Waals surface area contributed by atoms with Crippen LogP contribution in [0.3, 0.4) is 0 Å². The lowest BCUT2D eigenvalue weighted by atomic mass is 10.1. The van der Waals surface area contributed by atoms with E-state index in [2.05, 4.69) is 15.3 Å².